The van der Waals surface area contributed by atoms with Crippen LogP contribution in [0, 0.1) is 0 Å². The van der Waals surface area contributed by atoms with Gasteiger partial charge in [-0.15, -0.1) is 0 Å². The highest BCUT2D eigenvalue weighted by atomic mass is 79.9. The summed E-state index contributed by atoms with van der Waals surface area (Å²) < 4.78 is 34.1. The highest BCUT2D eigenvalue weighted by Gasteiger charge is 2.33. The van der Waals surface area contributed by atoms with Gasteiger partial charge in [-0.25, -0.2) is 0 Å². The Morgan fingerprint density at radius 2 is 2.00 bits per heavy atom. The lowest BCUT2D eigenvalue weighted by atomic mass is 10.3. The summed E-state index contributed by atoms with van der Waals surface area (Å²) in [6, 6.07) is 0. The van der Waals surface area contributed by atoms with E-state index in [0.717, 1.165) is 0 Å². The van der Waals surface area contributed by atoms with Crippen molar-refractivity contribution < 1.29 is 23.1 Å². The molecule has 1 atom stereocenters. The van der Waals surface area contributed by atoms with E-state index in [1.807, 2.05) is 0 Å². The lowest BCUT2D eigenvalue weighted by molar-refractivity contribution is -0.151. The number of halogens is 4. The minimum atomic E-state index is -4.42. The van der Waals surface area contributed by atoms with Gasteiger partial charge in [0.1, 0.15) is 4.83 Å². The van der Waals surface area contributed by atoms with E-state index >= 15 is 0 Å². The molecule has 0 aromatic carbocycles. The van der Waals surface area contributed by atoms with Crippen LogP contribution in [0.1, 0.15) is 6.42 Å². The van der Waals surface area contributed by atoms with E-state index in [-0.39, 0.29) is 0 Å². The molecule has 10 heavy (non-hydrogen) atoms. The summed E-state index contributed by atoms with van der Waals surface area (Å²) in [4.78, 5) is 8.30. The highest BCUT2D eigenvalue weighted by molar-refractivity contribution is 9.10. The number of aliphatic carboxylic acids is 1. The first-order valence-electron chi connectivity index (χ1n) is 2.26. The average molecular weight is 221 g/mol. The van der Waals surface area contributed by atoms with Gasteiger partial charge >= 0.3 is 12.1 Å². The van der Waals surface area contributed by atoms with Gasteiger partial charge in [0, 0.05) is 0 Å². The molecule has 0 aliphatic rings. The Bertz CT molecular complexity index is 133. The monoisotopic (exact) mass is 220 g/mol. The first-order chi connectivity index (χ1) is 4.33. The Labute approximate surface area is 63.2 Å². The van der Waals surface area contributed by atoms with Gasteiger partial charge < -0.3 is 5.11 Å². The van der Waals surface area contributed by atoms with Crippen molar-refractivity contribution in [2.24, 2.45) is 0 Å². The molecular weight excluding hydrogens is 217 g/mol. The van der Waals surface area contributed by atoms with Crippen LogP contribution in [0.5, 0.6) is 0 Å². The van der Waals surface area contributed by atoms with Crippen LogP contribution < -0.4 is 0 Å². The molecule has 0 rings (SSSR count). The quantitative estimate of drug-likeness (QED) is 0.721. The zero-order valence-corrected chi connectivity index (χ0v) is 6.24. The maximum atomic E-state index is 11.4. The van der Waals surface area contributed by atoms with Crippen LogP contribution >= 0.6 is 15.9 Å². The number of carboxylic acids is 1. The van der Waals surface area contributed by atoms with E-state index in [9.17, 15) is 18.0 Å². The van der Waals surface area contributed by atoms with E-state index in [1.165, 1.54) is 0 Å². The first-order valence-corrected chi connectivity index (χ1v) is 3.18. The Balaban J connectivity index is 3.80. The van der Waals surface area contributed by atoms with Crippen molar-refractivity contribution in [1.29, 1.82) is 0 Å². The second kappa shape index (κ2) is 3.23. The summed E-state index contributed by atoms with van der Waals surface area (Å²) in [5, 5.41) is 8.00. The minimum absolute atomic E-state index is 1.34. The van der Waals surface area contributed by atoms with Crippen LogP contribution in [-0.4, -0.2) is 22.1 Å². The third kappa shape index (κ3) is 4.60. The van der Waals surface area contributed by atoms with Gasteiger partial charge in [0.05, 0.1) is 6.42 Å². The lowest BCUT2D eigenvalue weighted by Gasteiger charge is -2.07. The fraction of sp³-hybridized carbons (Fsp3) is 0.750. The molecule has 0 saturated carbocycles. The Kier molecular flexibility index (Phi) is 3.14. The van der Waals surface area contributed by atoms with E-state index in [4.69, 9.17) is 5.11 Å². The number of hydrogen-bond donors (Lipinski definition) is 1. The molecule has 0 saturated heterocycles. The molecule has 0 unspecified atom stereocenters. The minimum Gasteiger partial charge on any atom is -0.480 e. The van der Waals surface area contributed by atoms with Crippen LogP contribution in [-0.2, 0) is 4.79 Å². The van der Waals surface area contributed by atoms with Crippen molar-refractivity contribution in [3.63, 3.8) is 0 Å². The molecule has 0 radical (unpaired) electrons. The summed E-state index contributed by atoms with van der Waals surface area (Å²) in [5.74, 6) is -1.50. The van der Waals surface area contributed by atoms with Crippen LogP contribution in [0.2, 0.25) is 0 Å². The van der Waals surface area contributed by atoms with E-state index in [1.54, 1.807) is 0 Å². The Morgan fingerprint density at radius 3 is 2.10 bits per heavy atom. The Hall–Kier alpha value is -0.260. The molecule has 0 aromatic rings. The third-order valence-electron chi connectivity index (χ3n) is 0.679. The fourth-order valence-corrected chi connectivity index (χ4v) is 0.658. The average Bonchev–Trinajstić information content (AvgIpc) is 1.60. The number of rotatable bonds is 2. The fourth-order valence-electron chi connectivity index (χ4n) is 0.291. The highest BCUT2D eigenvalue weighted by Crippen LogP contribution is 2.24. The van der Waals surface area contributed by atoms with Gasteiger partial charge in [0.25, 0.3) is 0 Å². The second-order valence-electron chi connectivity index (χ2n) is 1.63. The topological polar surface area (TPSA) is 37.3 Å². The Morgan fingerprint density at radius 1 is 1.60 bits per heavy atom. The summed E-state index contributed by atoms with van der Waals surface area (Å²) in [6.45, 7) is 0. The maximum Gasteiger partial charge on any atom is 0.390 e. The molecule has 0 spiro atoms. The molecular formula is C4H4BrF3O2. The number of carbonyl (C=O) groups is 1. The van der Waals surface area contributed by atoms with Crippen molar-refractivity contribution in [2.45, 2.75) is 17.4 Å². The number of alkyl halides is 4. The van der Waals surface area contributed by atoms with Gasteiger partial charge in [-0.05, 0) is 0 Å². The van der Waals surface area contributed by atoms with Gasteiger partial charge in [-0.3, -0.25) is 4.79 Å². The van der Waals surface area contributed by atoms with Crippen molar-refractivity contribution in [3.05, 3.63) is 0 Å². The maximum absolute atomic E-state index is 11.4. The predicted molar refractivity (Wildman–Crippen MR) is 31.0 cm³/mol. The summed E-state index contributed by atoms with van der Waals surface area (Å²) in [6.07, 6.45) is -5.77. The first kappa shape index (κ1) is 9.74. The number of carboxylic acid groups (broad SMARTS) is 1. The predicted octanol–water partition coefficient (Wildman–Crippen LogP) is 1.79. The molecule has 1 N–H and O–H groups in total. The number of hydrogen-bond acceptors (Lipinski definition) is 1. The molecule has 2 nitrogen and oxygen atoms in total. The van der Waals surface area contributed by atoms with E-state index < -0.39 is 23.4 Å². The molecule has 60 valence electrons. The smallest absolute Gasteiger partial charge is 0.390 e. The SMILES string of the molecule is O=C(O)[C@@H](Br)CC(F)(F)F. The molecule has 0 aliphatic carbocycles. The molecule has 0 amide bonds. The normalized spacial score (nSPS) is 14.8. The zero-order chi connectivity index (χ0) is 8.36. The molecule has 0 heterocycles. The van der Waals surface area contributed by atoms with Crippen molar-refractivity contribution in [3.8, 4) is 0 Å². The molecule has 0 fully saturated rings. The van der Waals surface area contributed by atoms with E-state index in [0.29, 0.717) is 0 Å². The van der Waals surface area contributed by atoms with Crippen molar-refractivity contribution in [2.75, 3.05) is 0 Å². The van der Waals surface area contributed by atoms with Crippen molar-refractivity contribution >= 4 is 21.9 Å². The van der Waals surface area contributed by atoms with Crippen LogP contribution in [0.15, 0.2) is 0 Å². The molecule has 0 aromatic heterocycles. The van der Waals surface area contributed by atoms with Gasteiger partial charge in [0.2, 0.25) is 0 Å². The van der Waals surface area contributed by atoms with Gasteiger partial charge in [-0.2, -0.15) is 13.2 Å². The van der Waals surface area contributed by atoms with Crippen molar-refractivity contribution in [1.82, 2.24) is 0 Å². The standard InChI is InChI=1S/C4H4BrF3O2/c5-2(3(9)10)1-4(6,7)8/h2H,1H2,(H,9,10)/t2-/m0/s1. The van der Waals surface area contributed by atoms with Crippen LogP contribution in [0.4, 0.5) is 13.2 Å². The lowest BCUT2D eigenvalue weighted by Crippen LogP contribution is -2.21. The van der Waals surface area contributed by atoms with Gasteiger partial charge in [0.15, 0.2) is 0 Å². The van der Waals surface area contributed by atoms with E-state index in [2.05, 4.69) is 15.9 Å². The summed E-state index contributed by atoms with van der Waals surface area (Å²) in [7, 11) is 0. The summed E-state index contributed by atoms with van der Waals surface area (Å²) in [5.41, 5.74) is 0. The molecule has 0 aliphatic heterocycles. The third-order valence-corrected chi connectivity index (χ3v) is 1.39. The second-order valence-corrected chi connectivity index (χ2v) is 2.73. The zero-order valence-electron chi connectivity index (χ0n) is 4.65. The van der Waals surface area contributed by atoms with Gasteiger partial charge in [-0.1, -0.05) is 15.9 Å². The molecule has 6 heteroatoms. The summed E-state index contributed by atoms with van der Waals surface area (Å²) >= 11 is 2.36. The molecule has 0 bridgehead atoms. The largest absolute Gasteiger partial charge is 0.480 e. The van der Waals surface area contributed by atoms with Crippen LogP contribution in [0.3, 0.4) is 0 Å². The van der Waals surface area contributed by atoms with Crippen LogP contribution in [0.25, 0.3) is 0 Å².